The van der Waals surface area contributed by atoms with E-state index >= 15 is 0 Å². The van der Waals surface area contributed by atoms with Crippen LogP contribution in [0.5, 0.6) is 0 Å². The molecule has 0 bridgehead atoms. The Balaban J connectivity index is 2.88. The summed E-state index contributed by atoms with van der Waals surface area (Å²) in [5.74, 6) is 0. The highest BCUT2D eigenvalue weighted by Crippen LogP contribution is 2.10. The van der Waals surface area contributed by atoms with E-state index in [4.69, 9.17) is 5.73 Å². The Hall–Kier alpha value is -0.340. The van der Waals surface area contributed by atoms with Crippen LogP contribution >= 0.6 is 15.9 Å². The van der Waals surface area contributed by atoms with Crippen molar-refractivity contribution in [2.45, 2.75) is 6.54 Å². The Morgan fingerprint density at radius 3 is 2.22 bits per heavy atom. The van der Waals surface area contributed by atoms with Gasteiger partial charge in [0.1, 0.15) is 0 Å². The van der Waals surface area contributed by atoms with Gasteiger partial charge in [0, 0.05) is 4.47 Å². The van der Waals surface area contributed by atoms with Crippen molar-refractivity contribution >= 4 is 15.9 Å². The maximum absolute atomic E-state index is 7.00. The topological polar surface area (TPSA) is 23.8 Å². The van der Waals surface area contributed by atoms with E-state index in [1.54, 1.807) is 0 Å². The normalized spacial score (nSPS) is 9.56. The number of halogens is 1. The number of benzene rings is 1. The van der Waals surface area contributed by atoms with Gasteiger partial charge in [-0.2, -0.15) is 0 Å². The highest BCUT2D eigenvalue weighted by Gasteiger charge is 1.83. The monoisotopic (exact) mass is 184 g/mol. The predicted molar refractivity (Wildman–Crippen MR) is 42.2 cm³/mol. The van der Waals surface area contributed by atoms with Crippen molar-refractivity contribution in [1.29, 1.82) is 0 Å². The maximum Gasteiger partial charge on any atom is 0.0175 e. The van der Waals surface area contributed by atoms with Gasteiger partial charge in [0.25, 0.3) is 0 Å². The van der Waals surface area contributed by atoms with E-state index in [-0.39, 0.29) is 0 Å². The number of hydrogen-bond acceptors (Lipinski definition) is 0. The van der Waals surface area contributed by atoms with Crippen molar-refractivity contribution in [3.63, 3.8) is 0 Å². The third-order valence-electron chi connectivity index (χ3n) is 1.12. The van der Waals surface area contributed by atoms with Crippen LogP contribution in [0.15, 0.2) is 28.7 Å². The molecular weight excluding hydrogens is 178 g/mol. The van der Waals surface area contributed by atoms with E-state index in [0.717, 1.165) is 10.0 Å². The predicted octanol–water partition coefficient (Wildman–Crippen LogP) is 3.00. The lowest BCUT2D eigenvalue weighted by Gasteiger charge is -1.99. The van der Waals surface area contributed by atoms with Crippen molar-refractivity contribution in [2.75, 3.05) is 0 Å². The summed E-state index contributed by atoms with van der Waals surface area (Å²) in [5.41, 5.74) is 8.05. The highest BCUT2D eigenvalue weighted by atomic mass is 79.9. The van der Waals surface area contributed by atoms with Gasteiger partial charge in [-0.05, 0) is 12.1 Å². The second-order valence-corrected chi connectivity index (χ2v) is 2.72. The summed E-state index contributed by atoms with van der Waals surface area (Å²) in [6.07, 6.45) is 0. The van der Waals surface area contributed by atoms with Gasteiger partial charge < -0.3 is 5.73 Å². The van der Waals surface area contributed by atoms with Crippen LogP contribution in [0.1, 0.15) is 5.56 Å². The van der Waals surface area contributed by atoms with Gasteiger partial charge in [0.2, 0.25) is 0 Å². The zero-order valence-electron chi connectivity index (χ0n) is 4.89. The number of hydrogen-bond donors (Lipinski definition) is 0. The fraction of sp³-hybridized carbons (Fsp3) is 0.143. The van der Waals surface area contributed by atoms with Crippen LogP contribution in [0.25, 0.3) is 5.73 Å². The smallest absolute Gasteiger partial charge is 0.0175 e. The molecule has 0 spiro atoms. The summed E-state index contributed by atoms with van der Waals surface area (Å²) in [5, 5.41) is 0. The van der Waals surface area contributed by atoms with Crippen LogP contribution in [-0.2, 0) is 6.54 Å². The molecule has 0 aliphatic carbocycles. The Morgan fingerprint density at radius 2 is 1.78 bits per heavy atom. The van der Waals surface area contributed by atoms with Crippen molar-refractivity contribution in [3.05, 3.63) is 40.0 Å². The summed E-state index contributed by atoms with van der Waals surface area (Å²) >= 11 is 3.31. The highest BCUT2D eigenvalue weighted by molar-refractivity contribution is 9.10. The molecule has 0 unspecified atom stereocenters. The average molecular weight is 185 g/mol. The van der Waals surface area contributed by atoms with Crippen molar-refractivity contribution in [3.8, 4) is 0 Å². The Kier molecular flexibility index (Phi) is 2.25. The molecule has 48 valence electrons. The maximum atomic E-state index is 7.00. The first-order valence-corrected chi connectivity index (χ1v) is 3.51. The lowest BCUT2D eigenvalue weighted by atomic mass is 10.2. The van der Waals surface area contributed by atoms with Gasteiger partial charge in [-0.25, -0.2) is 0 Å². The SMILES string of the molecule is [NH-]Cc1ccc(Br)cc1. The molecule has 0 aromatic heterocycles. The summed E-state index contributed by atoms with van der Waals surface area (Å²) < 4.78 is 1.07. The molecule has 1 aromatic carbocycles. The number of rotatable bonds is 1. The minimum absolute atomic E-state index is 0.368. The molecule has 0 radical (unpaired) electrons. The van der Waals surface area contributed by atoms with Crippen molar-refractivity contribution in [1.82, 2.24) is 0 Å². The van der Waals surface area contributed by atoms with Crippen LogP contribution in [0, 0.1) is 0 Å². The molecule has 9 heavy (non-hydrogen) atoms. The summed E-state index contributed by atoms with van der Waals surface area (Å²) in [7, 11) is 0. The summed E-state index contributed by atoms with van der Waals surface area (Å²) in [6.45, 7) is 0.368. The van der Waals surface area contributed by atoms with E-state index < -0.39 is 0 Å². The number of nitrogens with one attached hydrogen (secondary N) is 1. The van der Waals surface area contributed by atoms with Crippen LogP contribution in [-0.4, -0.2) is 0 Å². The zero-order chi connectivity index (χ0) is 6.69. The van der Waals surface area contributed by atoms with E-state index in [1.807, 2.05) is 24.3 Å². The lowest BCUT2D eigenvalue weighted by molar-refractivity contribution is 1.28. The molecular formula is C7H7BrN-. The van der Waals surface area contributed by atoms with Crippen molar-refractivity contribution < 1.29 is 0 Å². The second-order valence-electron chi connectivity index (χ2n) is 1.80. The van der Waals surface area contributed by atoms with Gasteiger partial charge in [0.05, 0.1) is 0 Å². The van der Waals surface area contributed by atoms with Gasteiger partial charge in [-0.3, -0.25) is 0 Å². The molecule has 1 nitrogen and oxygen atoms in total. The van der Waals surface area contributed by atoms with Gasteiger partial charge in [-0.15, -0.1) is 6.54 Å². The fourth-order valence-corrected chi connectivity index (χ4v) is 0.867. The molecule has 0 amide bonds. The molecule has 1 aromatic rings. The molecule has 1 N–H and O–H groups in total. The molecule has 0 saturated heterocycles. The molecule has 0 fully saturated rings. The third-order valence-corrected chi connectivity index (χ3v) is 1.65. The largest absolute Gasteiger partial charge is 0.674 e. The fourth-order valence-electron chi connectivity index (χ4n) is 0.602. The quantitative estimate of drug-likeness (QED) is 0.642. The van der Waals surface area contributed by atoms with Crippen LogP contribution < -0.4 is 0 Å². The van der Waals surface area contributed by atoms with Crippen molar-refractivity contribution in [2.24, 2.45) is 0 Å². The molecule has 0 aliphatic rings. The van der Waals surface area contributed by atoms with Gasteiger partial charge >= 0.3 is 0 Å². The Morgan fingerprint density at radius 1 is 1.22 bits per heavy atom. The lowest BCUT2D eigenvalue weighted by Crippen LogP contribution is -1.75. The second kappa shape index (κ2) is 2.99. The summed E-state index contributed by atoms with van der Waals surface area (Å²) in [4.78, 5) is 0. The molecule has 0 atom stereocenters. The Bertz CT molecular complexity index is 181. The zero-order valence-corrected chi connectivity index (χ0v) is 6.48. The van der Waals surface area contributed by atoms with Gasteiger partial charge in [-0.1, -0.05) is 33.6 Å². The molecule has 1 rings (SSSR count). The van der Waals surface area contributed by atoms with Crippen LogP contribution in [0.2, 0.25) is 0 Å². The standard InChI is InChI=1S/C7H7BrN/c8-7-3-1-6(5-9)2-4-7/h1-4,9H,5H2/q-1. The minimum atomic E-state index is 0.368. The molecule has 0 saturated carbocycles. The minimum Gasteiger partial charge on any atom is -0.674 e. The molecule has 2 heteroatoms. The molecule has 0 heterocycles. The first-order valence-electron chi connectivity index (χ1n) is 2.72. The first kappa shape index (κ1) is 6.78. The average Bonchev–Trinajstić information content (AvgIpc) is 1.90. The van der Waals surface area contributed by atoms with Crippen LogP contribution in [0.4, 0.5) is 0 Å². The molecule has 0 aliphatic heterocycles. The Labute approximate surface area is 63.0 Å². The summed E-state index contributed by atoms with van der Waals surface area (Å²) in [6, 6.07) is 7.78. The van der Waals surface area contributed by atoms with E-state index in [0.29, 0.717) is 6.54 Å². The first-order chi connectivity index (χ1) is 4.33. The van der Waals surface area contributed by atoms with Crippen LogP contribution in [0.3, 0.4) is 0 Å². The van der Waals surface area contributed by atoms with E-state index in [9.17, 15) is 0 Å². The van der Waals surface area contributed by atoms with E-state index in [2.05, 4.69) is 15.9 Å². The van der Waals surface area contributed by atoms with E-state index in [1.165, 1.54) is 0 Å². The third kappa shape index (κ3) is 1.80. The van der Waals surface area contributed by atoms with Gasteiger partial charge in [0.15, 0.2) is 0 Å².